The molecule has 3 aromatic rings. The normalized spacial score (nSPS) is 15.1. The van der Waals surface area contributed by atoms with E-state index in [1.54, 1.807) is 24.3 Å². The molecule has 200 valence electrons. The van der Waals surface area contributed by atoms with Gasteiger partial charge in [-0.15, -0.1) is 0 Å². The van der Waals surface area contributed by atoms with E-state index < -0.39 is 6.04 Å². The van der Waals surface area contributed by atoms with Gasteiger partial charge in [-0.3, -0.25) is 9.59 Å². The predicted molar refractivity (Wildman–Crippen MR) is 154 cm³/mol. The molecule has 0 spiro atoms. The lowest BCUT2D eigenvalue weighted by Crippen LogP contribution is -2.47. The number of piperidine rings is 1. The third-order valence-corrected chi connectivity index (χ3v) is 7.67. The third kappa shape index (κ3) is 8.71. The SMILES string of the molecule is O=C(N[C@@H](CCCN1CCC(Cc2ccccc2)CC1)C(=O)NCCc1ccccc1)c1ccccc1Cl. The summed E-state index contributed by atoms with van der Waals surface area (Å²) in [5, 5.41) is 6.34. The first-order valence-electron chi connectivity index (χ1n) is 13.7. The summed E-state index contributed by atoms with van der Waals surface area (Å²) in [5.41, 5.74) is 2.97. The van der Waals surface area contributed by atoms with Crippen LogP contribution in [0.3, 0.4) is 0 Å². The first-order chi connectivity index (χ1) is 18.6. The summed E-state index contributed by atoms with van der Waals surface area (Å²) >= 11 is 6.23. The molecule has 3 aromatic carbocycles. The number of hydrogen-bond acceptors (Lipinski definition) is 3. The molecule has 5 nitrogen and oxygen atoms in total. The molecule has 0 aliphatic carbocycles. The number of carbonyl (C=O) groups is 2. The van der Waals surface area contributed by atoms with Crippen LogP contribution in [0, 0.1) is 5.92 Å². The summed E-state index contributed by atoms with van der Waals surface area (Å²) in [6, 6.07) is 27.1. The minimum atomic E-state index is -0.606. The van der Waals surface area contributed by atoms with E-state index in [1.165, 1.54) is 24.0 Å². The molecule has 0 radical (unpaired) electrons. The fourth-order valence-electron chi connectivity index (χ4n) is 5.13. The zero-order chi connectivity index (χ0) is 26.6. The number of halogens is 1. The van der Waals surface area contributed by atoms with E-state index in [-0.39, 0.29) is 11.8 Å². The number of hydrogen-bond donors (Lipinski definition) is 2. The Morgan fingerprint density at radius 2 is 1.50 bits per heavy atom. The van der Waals surface area contributed by atoms with Gasteiger partial charge in [0.1, 0.15) is 6.04 Å². The molecule has 6 heteroatoms. The number of nitrogens with one attached hydrogen (secondary N) is 2. The van der Waals surface area contributed by atoms with Crippen LogP contribution in [-0.4, -0.2) is 48.9 Å². The fourth-order valence-corrected chi connectivity index (χ4v) is 5.35. The number of benzene rings is 3. The minimum absolute atomic E-state index is 0.150. The Hall–Kier alpha value is -3.15. The van der Waals surface area contributed by atoms with Gasteiger partial charge < -0.3 is 15.5 Å². The highest BCUT2D eigenvalue weighted by Gasteiger charge is 2.24. The molecule has 0 saturated carbocycles. The molecule has 0 unspecified atom stereocenters. The van der Waals surface area contributed by atoms with Crippen molar-refractivity contribution < 1.29 is 9.59 Å². The lowest BCUT2D eigenvalue weighted by Gasteiger charge is -2.32. The van der Waals surface area contributed by atoms with Crippen LogP contribution in [0.2, 0.25) is 5.02 Å². The van der Waals surface area contributed by atoms with Gasteiger partial charge in [0.25, 0.3) is 5.91 Å². The van der Waals surface area contributed by atoms with Gasteiger partial charge in [0.15, 0.2) is 0 Å². The van der Waals surface area contributed by atoms with Gasteiger partial charge in [-0.05, 0) is 87.3 Å². The van der Waals surface area contributed by atoms with Crippen LogP contribution in [0.5, 0.6) is 0 Å². The molecule has 2 N–H and O–H groups in total. The second kappa shape index (κ2) is 14.7. The van der Waals surface area contributed by atoms with Crippen molar-refractivity contribution in [1.29, 1.82) is 0 Å². The molecule has 1 atom stereocenters. The molecule has 1 fully saturated rings. The van der Waals surface area contributed by atoms with Gasteiger partial charge in [0, 0.05) is 6.54 Å². The largest absolute Gasteiger partial charge is 0.354 e. The first-order valence-corrected chi connectivity index (χ1v) is 14.1. The molecule has 0 bridgehead atoms. The second-order valence-corrected chi connectivity index (χ2v) is 10.6. The summed E-state index contributed by atoms with van der Waals surface area (Å²) in [6.45, 7) is 3.61. The summed E-state index contributed by atoms with van der Waals surface area (Å²) in [7, 11) is 0. The molecule has 1 aliphatic rings. The maximum absolute atomic E-state index is 13.1. The zero-order valence-corrected chi connectivity index (χ0v) is 22.7. The summed E-state index contributed by atoms with van der Waals surface area (Å²) in [6.07, 6.45) is 5.70. The predicted octanol–water partition coefficient (Wildman–Crippen LogP) is 5.53. The molecule has 1 saturated heterocycles. The standard InChI is InChI=1S/C32H38ClN3O2/c33-29-15-8-7-14-28(29)31(37)35-30(32(38)34-20-17-25-10-3-1-4-11-25)16-9-21-36-22-18-27(19-23-36)24-26-12-5-2-6-13-26/h1-8,10-15,27,30H,9,16-24H2,(H,34,38)(H,35,37)/t30-/m0/s1. The van der Waals surface area contributed by atoms with Crippen molar-refractivity contribution in [3.05, 3.63) is 107 Å². The van der Waals surface area contributed by atoms with Crippen molar-refractivity contribution in [2.75, 3.05) is 26.2 Å². The van der Waals surface area contributed by atoms with E-state index in [0.717, 1.165) is 44.8 Å². The van der Waals surface area contributed by atoms with Gasteiger partial charge in [-0.2, -0.15) is 0 Å². The Bertz CT molecular complexity index is 1150. The Kier molecular flexibility index (Phi) is 10.8. The van der Waals surface area contributed by atoms with Gasteiger partial charge in [-0.1, -0.05) is 84.4 Å². The van der Waals surface area contributed by atoms with Crippen LogP contribution in [0.1, 0.15) is 47.2 Å². The quantitative estimate of drug-likeness (QED) is 0.323. The fraction of sp³-hybridized carbons (Fsp3) is 0.375. The van der Waals surface area contributed by atoms with Gasteiger partial charge in [0.05, 0.1) is 10.6 Å². The highest BCUT2D eigenvalue weighted by atomic mass is 35.5. The van der Waals surface area contributed by atoms with E-state index in [9.17, 15) is 9.59 Å². The number of nitrogens with zero attached hydrogens (tertiary/aromatic N) is 1. The average Bonchev–Trinajstić information content (AvgIpc) is 2.94. The molecule has 4 rings (SSSR count). The second-order valence-electron chi connectivity index (χ2n) is 10.1. The van der Waals surface area contributed by atoms with Crippen molar-refractivity contribution in [3.8, 4) is 0 Å². The minimum Gasteiger partial charge on any atom is -0.354 e. The third-order valence-electron chi connectivity index (χ3n) is 7.34. The highest BCUT2D eigenvalue weighted by molar-refractivity contribution is 6.33. The van der Waals surface area contributed by atoms with Crippen molar-refractivity contribution in [1.82, 2.24) is 15.5 Å². The number of carbonyl (C=O) groups excluding carboxylic acids is 2. The molecule has 2 amide bonds. The van der Waals surface area contributed by atoms with E-state index in [0.29, 0.717) is 23.6 Å². The Balaban J connectivity index is 1.26. The molecular weight excluding hydrogens is 494 g/mol. The lowest BCUT2D eigenvalue weighted by atomic mass is 9.90. The molecule has 0 aromatic heterocycles. The van der Waals surface area contributed by atoms with Crippen molar-refractivity contribution in [3.63, 3.8) is 0 Å². The summed E-state index contributed by atoms with van der Waals surface area (Å²) in [4.78, 5) is 28.5. The topological polar surface area (TPSA) is 61.4 Å². The van der Waals surface area contributed by atoms with Crippen LogP contribution >= 0.6 is 11.6 Å². The van der Waals surface area contributed by atoms with Crippen molar-refractivity contribution in [2.45, 2.75) is 44.6 Å². The summed E-state index contributed by atoms with van der Waals surface area (Å²) in [5.74, 6) is 0.259. The van der Waals surface area contributed by atoms with Crippen LogP contribution in [-0.2, 0) is 17.6 Å². The van der Waals surface area contributed by atoms with Crippen molar-refractivity contribution in [2.24, 2.45) is 5.92 Å². The first kappa shape index (κ1) is 27.9. The van der Waals surface area contributed by atoms with E-state index >= 15 is 0 Å². The van der Waals surface area contributed by atoms with E-state index in [1.807, 2.05) is 30.3 Å². The maximum atomic E-state index is 13.1. The molecular formula is C32H38ClN3O2. The Morgan fingerprint density at radius 3 is 2.18 bits per heavy atom. The number of rotatable bonds is 12. The Labute approximate surface area is 231 Å². The maximum Gasteiger partial charge on any atom is 0.253 e. The van der Waals surface area contributed by atoms with E-state index in [2.05, 4.69) is 45.9 Å². The number of likely N-dealkylation sites (tertiary alicyclic amines) is 1. The smallest absolute Gasteiger partial charge is 0.253 e. The van der Waals surface area contributed by atoms with Gasteiger partial charge in [0.2, 0.25) is 5.91 Å². The van der Waals surface area contributed by atoms with Crippen LogP contribution < -0.4 is 10.6 Å². The van der Waals surface area contributed by atoms with E-state index in [4.69, 9.17) is 11.6 Å². The monoisotopic (exact) mass is 531 g/mol. The van der Waals surface area contributed by atoms with Crippen LogP contribution in [0.25, 0.3) is 0 Å². The van der Waals surface area contributed by atoms with Crippen LogP contribution in [0.4, 0.5) is 0 Å². The average molecular weight is 532 g/mol. The van der Waals surface area contributed by atoms with Crippen molar-refractivity contribution >= 4 is 23.4 Å². The highest BCUT2D eigenvalue weighted by Crippen LogP contribution is 2.22. The van der Waals surface area contributed by atoms with Gasteiger partial charge >= 0.3 is 0 Å². The number of amides is 2. The molecule has 1 aliphatic heterocycles. The molecule has 38 heavy (non-hydrogen) atoms. The summed E-state index contributed by atoms with van der Waals surface area (Å²) < 4.78 is 0. The van der Waals surface area contributed by atoms with Crippen LogP contribution in [0.15, 0.2) is 84.9 Å². The lowest BCUT2D eigenvalue weighted by molar-refractivity contribution is -0.123. The molecule has 1 heterocycles. The zero-order valence-electron chi connectivity index (χ0n) is 22.0. The van der Waals surface area contributed by atoms with Gasteiger partial charge in [-0.25, -0.2) is 0 Å². The Morgan fingerprint density at radius 1 is 0.868 bits per heavy atom.